The third kappa shape index (κ3) is 1.75. The fourth-order valence-corrected chi connectivity index (χ4v) is 1.23. The number of rotatable bonds is 1. The minimum atomic E-state index is 0.787. The van der Waals surface area contributed by atoms with Gasteiger partial charge in [-0.25, -0.2) is 0 Å². The Morgan fingerprint density at radius 1 is 1.23 bits per heavy atom. The first-order valence-corrected chi connectivity index (χ1v) is 4.53. The van der Waals surface area contributed by atoms with E-state index in [0.29, 0.717) is 0 Å². The molecule has 2 heterocycles. The van der Waals surface area contributed by atoms with E-state index in [4.69, 9.17) is 0 Å². The molecule has 0 spiro atoms. The summed E-state index contributed by atoms with van der Waals surface area (Å²) in [6.07, 6.45) is 3.43. The molecule has 0 aliphatic carbocycles. The zero-order chi connectivity index (χ0) is 9.26. The van der Waals surface area contributed by atoms with Gasteiger partial charge in [-0.15, -0.1) is 0 Å². The Labute approximate surface area is 83.7 Å². The van der Waals surface area contributed by atoms with Crippen molar-refractivity contribution in [3.63, 3.8) is 0 Å². The Kier molecular flexibility index (Phi) is 2.10. The summed E-state index contributed by atoms with van der Waals surface area (Å²) in [5.74, 6) is 0. The molecule has 0 atom stereocenters. The van der Waals surface area contributed by atoms with Gasteiger partial charge in [0.15, 0.2) is 0 Å². The van der Waals surface area contributed by atoms with Gasteiger partial charge in [-0.05, 0) is 28.1 Å². The van der Waals surface area contributed by atoms with E-state index in [1.807, 2.05) is 12.1 Å². The van der Waals surface area contributed by atoms with E-state index in [9.17, 15) is 0 Å². The molecule has 0 aliphatic rings. The van der Waals surface area contributed by atoms with Crippen molar-refractivity contribution in [2.75, 3.05) is 0 Å². The van der Waals surface area contributed by atoms with Crippen LogP contribution < -0.4 is 0 Å². The number of hydrogen-bond donors (Lipinski definition) is 0. The maximum atomic E-state index is 4.20. The molecule has 0 fully saturated rings. The molecule has 0 N–H and O–H groups in total. The lowest BCUT2D eigenvalue weighted by atomic mass is 10.3. The first-order valence-electron chi connectivity index (χ1n) is 3.74. The van der Waals surface area contributed by atoms with Crippen LogP contribution in [-0.4, -0.2) is 20.0 Å². The molecule has 2 aromatic heterocycles. The average Bonchev–Trinajstić information content (AvgIpc) is 2.53. The van der Waals surface area contributed by atoms with Crippen LogP contribution in [0.4, 0.5) is 0 Å². The maximum absolute atomic E-state index is 4.20. The quantitative estimate of drug-likeness (QED) is 0.759. The second-order valence-corrected chi connectivity index (χ2v) is 3.50. The van der Waals surface area contributed by atoms with Crippen LogP contribution in [0.5, 0.6) is 0 Å². The predicted octanol–water partition coefficient (Wildman–Crippen LogP) is 1.64. The van der Waals surface area contributed by atoms with Crippen molar-refractivity contribution < 1.29 is 0 Å². The van der Waals surface area contributed by atoms with Crippen LogP contribution in [0, 0.1) is 0 Å². The monoisotopic (exact) mass is 238 g/mol. The molecule has 0 unspecified atom stereocenters. The number of pyridine rings is 1. The molecule has 0 bridgehead atoms. The van der Waals surface area contributed by atoms with Crippen LogP contribution >= 0.6 is 15.9 Å². The van der Waals surface area contributed by atoms with E-state index in [1.54, 1.807) is 19.4 Å². The predicted molar refractivity (Wildman–Crippen MR) is 51.9 cm³/mol. The minimum absolute atomic E-state index is 0.787. The van der Waals surface area contributed by atoms with Gasteiger partial charge in [0.1, 0.15) is 5.69 Å². The minimum Gasteiger partial charge on any atom is -0.253 e. The van der Waals surface area contributed by atoms with Crippen molar-refractivity contribution in [2.24, 2.45) is 7.05 Å². The Bertz CT molecular complexity index is 406. The fourth-order valence-electron chi connectivity index (χ4n) is 0.990. The molecule has 5 heteroatoms. The molecule has 66 valence electrons. The summed E-state index contributed by atoms with van der Waals surface area (Å²) >= 11 is 3.32. The Morgan fingerprint density at radius 3 is 2.62 bits per heavy atom. The number of hydrogen-bond acceptors (Lipinski definition) is 3. The molecule has 0 radical (unpaired) electrons. The standard InChI is InChI=1S/C8H7BrN4/c1-13-11-5-8(12-13)7-3-2-6(9)4-10-7/h2-5H,1H3. The van der Waals surface area contributed by atoms with E-state index < -0.39 is 0 Å². The molecule has 4 nitrogen and oxygen atoms in total. The lowest BCUT2D eigenvalue weighted by Crippen LogP contribution is -1.92. The summed E-state index contributed by atoms with van der Waals surface area (Å²) in [6, 6.07) is 3.82. The normalized spacial score (nSPS) is 10.3. The highest BCUT2D eigenvalue weighted by Crippen LogP contribution is 2.15. The molecular formula is C8H7BrN4. The molecular weight excluding hydrogens is 232 g/mol. The van der Waals surface area contributed by atoms with Crippen molar-refractivity contribution in [1.82, 2.24) is 20.0 Å². The van der Waals surface area contributed by atoms with Crippen molar-refractivity contribution >= 4 is 15.9 Å². The van der Waals surface area contributed by atoms with Crippen molar-refractivity contribution in [3.05, 3.63) is 29.0 Å². The molecule has 0 saturated carbocycles. The molecule has 13 heavy (non-hydrogen) atoms. The zero-order valence-corrected chi connectivity index (χ0v) is 8.56. The highest BCUT2D eigenvalue weighted by Gasteiger charge is 2.02. The van der Waals surface area contributed by atoms with Gasteiger partial charge in [-0.3, -0.25) is 4.98 Å². The van der Waals surface area contributed by atoms with Gasteiger partial charge in [0.2, 0.25) is 0 Å². The molecule has 2 rings (SSSR count). The lowest BCUT2D eigenvalue weighted by molar-refractivity contribution is 0.655. The Morgan fingerprint density at radius 2 is 2.08 bits per heavy atom. The van der Waals surface area contributed by atoms with Crippen LogP contribution in [0.1, 0.15) is 0 Å². The molecule has 0 amide bonds. The van der Waals surface area contributed by atoms with Gasteiger partial charge in [-0.2, -0.15) is 15.0 Å². The number of aryl methyl sites for hydroxylation is 1. The number of halogens is 1. The second-order valence-electron chi connectivity index (χ2n) is 2.58. The van der Waals surface area contributed by atoms with Gasteiger partial charge in [0.25, 0.3) is 0 Å². The smallest absolute Gasteiger partial charge is 0.131 e. The summed E-state index contributed by atoms with van der Waals surface area (Å²) in [5, 5.41) is 8.11. The largest absolute Gasteiger partial charge is 0.253 e. The molecule has 2 aromatic rings. The highest BCUT2D eigenvalue weighted by molar-refractivity contribution is 9.10. The van der Waals surface area contributed by atoms with Crippen LogP contribution in [0.15, 0.2) is 29.0 Å². The van der Waals surface area contributed by atoms with E-state index in [0.717, 1.165) is 15.9 Å². The van der Waals surface area contributed by atoms with Crippen LogP contribution in [0.3, 0.4) is 0 Å². The first-order chi connectivity index (χ1) is 6.25. The average molecular weight is 239 g/mol. The first kappa shape index (κ1) is 8.37. The van der Waals surface area contributed by atoms with Crippen LogP contribution in [0.25, 0.3) is 11.4 Å². The summed E-state index contributed by atoms with van der Waals surface area (Å²) in [7, 11) is 1.78. The van der Waals surface area contributed by atoms with Crippen LogP contribution in [-0.2, 0) is 7.05 Å². The summed E-state index contributed by atoms with van der Waals surface area (Å²) in [5.41, 5.74) is 1.62. The van der Waals surface area contributed by atoms with Gasteiger partial charge in [-0.1, -0.05) is 0 Å². The van der Waals surface area contributed by atoms with Crippen molar-refractivity contribution in [2.45, 2.75) is 0 Å². The van der Waals surface area contributed by atoms with Crippen molar-refractivity contribution in [1.29, 1.82) is 0 Å². The van der Waals surface area contributed by atoms with Gasteiger partial charge < -0.3 is 0 Å². The number of nitrogens with zero attached hydrogens (tertiary/aromatic N) is 4. The van der Waals surface area contributed by atoms with Gasteiger partial charge in [0.05, 0.1) is 11.9 Å². The lowest BCUT2D eigenvalue weighted by Gasteiger charge is -1.93. The number of aromatic nitrogens is 4. The van der Waals surface area contributed by atoms with E-state index >= 15 is 0 Å². The summed E-state index contributed by atoms with van der Waals surface area (Å²) < 4.78 is 0.958. The fraction of sp³-hybridized carbons (Fsp3) is 0.125. The topological polar surface area (TPSA) is 43.6 Å². The SMILES string of the molecule is Cn1ncc(-c2ccc(Br)cn2)n1. The molecule has 0 saturated heterocycles. The second kappa shape index (κ2) is 3.26. The zero-order valence-electron chi connectivity index (χ0n) is 6.98. The Hall–Kier alpha value is -1.23. The third-order valence-electron chi connectivity index (χ3n) is 1.59. The van der Waals surface area contributed by atoms with Crippen LogP contribution in [0.2, 0.25) is 0 Å². The van der Waals surface area contributed by atoms with Crippen molar-refractivity contribution in [3.8, 4) is 11.4 Å². The Balaban J connectivity index is 2.41. The highest BCUT2D eigenvalue weighted by atomic mass is 79.9. The summed E-state index contributed by atoms with van der Waals surface area (Å²) in [6.45, 7) is 0. The maximum Gasteiger partial charge on any atom is 0.131 e. The summed E-state index contributed by atoms with van der Waals surface area (Å²) in [4.78, 5) is 5.71. The van der Waals surface area contributed by atoms with E-state index in [-0.39, 0.29) is 0 Å². The van der Waals surface area contributed by atoms with Gasteiger partial charge in [0, 0.05) is 17.7 Å². The van der Waals surface area contributed by atoms with Gasteiger partial charge >= 0.3 is 0 Å². The third-order valence-corrected chi connectivity index (χ3v) is 2.06. The molecule has 0 aromatic carbocycles. The van der Waals surface area contributed by atoms with E-state index in [1.165, 1.54) is 4.80 Å². The molecule has 0 aliphatic heterocycles. The van der Waals surface area contributed by atoms with E-state index in [2.05, 4.69) is 31.1 Å².